The molecule has 2 aliphatic rings. The van der Waals surface area contributed by atoms with Gasteiger partial charge in [-0.2, -0.15) is 0 Å². The SMILES string of the molecule is NC1(C(=O)CC2CCOCC2)CCCCC1. The Balaban J connectivity index is 1.85. The molecule has 16 heavy (non-hydrogen) atoms. The average Bonchev–Trinajstić information content (AvgIpc) is 2.31. The van der Waals surface area contributed by atoms with E-state index in [0.717, 1.165) is 51.7 Å². The third-order valence-corrected chi connectivity index (χ3v) is 4.12. The second kappa shape index (κ2) is 5.28. The average molecular weight is 225 g/mol. The Kier molecular flexibility index (Phi) is 3.98. The molecule has 0 unspecified atom stereocenters. The van der Waals surface area contributed by atoms with E-state index in [1.165, 1.54) is 6.42 Å². The summed E-state index contributed by atoms with van der Waals surface area (Å²) in [6, 6.07) is 0. The van der Waals surface area contributed by atoms with Crippen molar-refractivity contribution in [3.63, 3.8) is 0 Å². The monoisotopic (exact) mass is 225 g/mol. The van der Waals surface area contributed by atoms with Crippen molar-refractivity contribution >= 4 is 5.78 Å². The molecule has 0 aromatic heterocycles. The molecule has 1 aliphatic carbocycles. The first-order chi connectivity index (χ1) is 7.71. The van der Waals surface area contributed by atoms with Crippen molar-refractivity contribution < 1.29 is 9.53 Å². The van der Waals surface area contributed by atoms with E-state index in [0.29, 0.717) is 18.1 Å². The minimum Gasteiger partial charge on any atom is -0.381 e. The molecule has 1 saturated carbocycles. The molecular weight excluding hydrogens is 202 g/mol. The van der Waals surface area contributed by atoms with Crippen LogP contribution in [0.3, 0.4) is 0 Å². The molecule has 0 amide bonds. The summed E-state index contributed by atoms with van der Waals surface area (Å²) in [4.78, 5) is 12.2. The van der Waals surface area contributed by atoms with E-state index >= 15 is 0 Å². The highest BCUT2D eigenvalue weighted by molar-refractivity contribution is 5.88. The van der Waals surface area contributed by atoms with Gasteiger partial charge in [0, 0.05) is 19.6 Å². The van der Waals surface area contributed by atoms with E-state index in [1.807, 2.05) is 0 Å². The van der Waals surface area contributed by atoms with Crippen LogP contribution in [-0.4, -0.2) is 24.5 Å². The molecular formula is C13H23NO2. The molecule has 2 rings (SSSR count). The Bertz CT molecular complexity index is 240. The summed E-state index contributed by atoms with van der Waals surface area (Å²) in [6.45, 7) is 1.63. The van der Waals surface area contributed by atoms with Crippen molar-refractivity contribution in [2.24, 2.45) is 11.7 Å². The van der Waals surface area contributed by atoms with Crippen LogP contribution in [0.2, 0.25) is 0 Å². The van der Waals surface area contributed by atoms with Crippen molar-refractivity contribution in [2.45, 2.75) is 56.9 Å². The fourth-order valence-corrected chi connectivity index (χ4v) is 2.88. The molecule has 2 fully saturated rings. The maximum absolute atomic E-state index is 12.2. The zero-order chi connectivity index (χ0) is 11.4. The Morgan fingerprint density at radius 2 is 1.81 bits per heavy atom. The van der Waals surface area contributed by atoms with E-state index in [-0.39, 0.29) is 0 Å². The maximum atomic E-state index is 12.2. The number of carbonyl (C=O) groups is 1. The number of ether oxygens (including phenoxy) is 1. The fourth-order valence-electron chi connectivity index (χ4n) is 2.88. The lowest BCUT2D eigenvalue weighted by atomic mass is 9.76. The summed E-state index contributed by atoms with van der Waals surface area (Å²) in [5.74, 6) is 0.822. The third kappa shape index (κ3) is 2.83. The van der Waals surface area contributed by atoms with Crippen LogP contribution in [-0.2, 0) is 9.53 Å². The van der Waals surface area contributed by atoms with E-state index in [2.05, 4.69) is 0 Å². The van der Waals surface area contributed by atoms with E-state index in [4.69, 9.17) is 10.5 Å². The molecule has 0 bridgehead atoms. The zero-order valence-electron chi connectivity index (χ0n) is 10.0. The molecule has 1 heterocycles. The van der Waals surface area contributed by atoms with Gasteiger partial charge < -0.3 is 10.5 Å². The van der Waals surface area contributed by atoms with Crippen LogP contribution in [0.4, 0.5) is 0 Å². The molecule has 1 aliphatic heterocycles. The summed E-state index contributed by atoms with van der Waals surface area (Å²) >= 11 is 0. The lowest BCUT2D eigenvalue weighted by Gasteiger charge is -2.33. The van der Waals surface area contributed by atoms with Gasteiger partial charge in [0.1, 0.15) is 0 Å². The molecule has 0 aromatic rings. The van der Waals surface area contributed by atoms with Gasteiger partial charge in [0.15, 0.2) is 5.78 Å². The van der Waals surface area contributed by atoms with Crippen molar-refractivity contribution in [1.29, 1.82) is 0 Å². The van der Waals surface area contributed by atoms with Gasteiger partial charge in [0.2, 0.25) is 0 Å². The van der Waals surface area contributed by atoms with Crippen molar-refractivity contribution in [1.82, 2.24) is 0 Å². The van der Waals surface area contributed by atoms with Gasteiger partial charge >= 0.3 is 0 Å². The summed E-state index contributed by atoms with van der Waals surface area (Å²) in [5, 5.41) is 0. The van der Waals surface area contributed by atoms with Crippen LogP contribution in [0.15, 0.2) is 0 Å². The van der Waals surface area contributed by atoms with Crippen molar-refractivity contribution in [3.8, 4) is 0 Å². The number of hydrogen-bond acceptors (Lipinski definition) is 3. The summed E-state index contributed by atoms with van der Waals surface area (Å²) in [6.07, 6.45) is 8.02. The van der Waals surface area contributed by atoms with E-state index < -0.39 is 5.54 Å². The maximum Gasteiger partial charge on any atom is 0.152 e. The number of ketones is 1. The zero-order valence-corrected chi connectivity index (χ0v) is 10.0. The summed E-state index contributed by atoms with van der Waals surface area (Å²) < 4.78 is 5.31. The topological polar surface area (TPSA) is 52.3 Å². The predicted octanol–water partition coefficient (Wildman–Crippen LogP) is 2.03. The van der Waals surface area contributed by atoms with Gasteiger partial charge in [-0.05, 0) is 31.6 Å². The van der Waals surface area contributed by atoms with Gasteiger partial charge in [-0.15, -0.1) is 0 Å². The van der Waals surface area contributed by atoms with Gasteiger partial charge in [0.25, 0.3) is 0 Å². The lowest BCUT2D eigenvalue weighted by Crippen LogP contribution is -2.50. The number of Topliss-reactive ketones (excluding diaryl/α,β-unsaturated/α-hetero) is 1. The number of rotatable bonds is 3. The Hall–Kier alpha value is -0.410. The van der Waals surface area contributed by atoms with Crippen LogP contribution >= 0.6 is 0 Å². The Morgan fingerprint density at radius 1 is 1.19 bits per heavy atom. The second-order valence-electron chi connectivity index (χ2n) is 5.40. The molecule has 3 nitrogen and oxygen atoms in total. The van der Waals surface area contributed by atoms with Crippen LogP contribution in [0, 0.1) is 5.92 Å². The lowest BCUT2D eigenvalue weighted by molar-refractivity contribution is -0.126. The first-order valence-corrected chi connectivity index (χ1v) is 6.61. The quantitative estimate of drug-likeness (QED) is 0.799. The first-order valence-electron chi connectivity index (χ1n) is 6.61. The Morgan fingerprint density at radius 3 is 2.44 bits per heavy atom. The number of carbonyl (C=O) groups excluding carboxylic acids is 1. The molecule has 0 atom stereocenters. The minimum absolute atomic E-state index is 0.305. The third-order valence-electron chi connectivity index (χ3n) is 4.12. The van der Waals surface area contributed by atoms with Crippen molar-refractivity contribution in [2.75, 3.05) is 13.2 Å². The van der Waals surface area contributed by atoms with Gasteiger partial charge in [-0.25, -0.2) is 0 Å². The highest BCUT2D eigenvalue weighted by Gasteiger charge is 2.35. The summed E-state index contributed by atoms with van der Waals surface area (Å²) in [5.41, 5.74) is 5.75. The van der Waals surface area contributed by atoms with Crippen LogP contribution in [0.25, 0.3) is 0 Å². The molecule has 0 radical (unpaired) electrons. The highest BCUT2D eigenvalue weighted by atomic mass is 16.5. The van der Waals surface area contributed by atoms with E-state index in [1.54, 1.807) is 0 Å². The standard InChI is InChI=1S/C13H23NO2/c14-13(6-2-1-3-7-13)12(15)10-11-4-8-16-9-5-11/h11H,1-10,14H2. The summed E-state index contributed by atoms with van der Waals surface area (Å²) in [7, 11) is 0. The van der Waals surface area contributed by atoms with Gasteiger partial charge in [-0.3, -0.25) is 4.79 Å². The highest BCUT2D eigenvalue weighted by Crippen LogP contribution is 2.30. The Labute approximate surface area is 97.7 Å². The molecule has 92 valence electrons. The molecule has 0 aromatic carbocycles. The second-order valence-corrected chi connectivity index (χ2v) is 5.40. The molecule has 3 heteroatoms. The molecule has 0 spiro atoms. The molecule has 1 saturated heterocycles. The van der Waals surface area contributed by atoms with Crippen LogP contribution in [0.5, 0.6) is 0 Å². The van der Waals surface area contributed by atoms with Gasteiger partial charge in [-0.1, -0.05) is 19.3 Å². The number of hydrogen-bond donors (Lipinski definition) is 1. The van der Waals surface area contributed by atoms with Crippen LogP contribution in [0.1, 0.15) is 51.4 Å². The minimum atomic E-state index is -0.490. The smallest absolute Gasteiger partial charge is 0.152 e. The van der Waals surface area contributed by atoms with Gasteiger partial charge in [0.05, 0.1) is 5.54 Å². The van der Waals surface area contributed by atoms with E-state index in [9.17, 15) is 4.79 Å². The predicted molar refractivity (Wildman–Crippen MR) is 63.2 cm³/mol. The fraction of sp³-hybridized carbons (Fsp3) is 0.923. The largest absolute Gasteiger partial charge is 0.381 e. The normalized spacial score (nSPS) is 26.6. The van der Waals surface area contributed by atoms with Crippen molar-refractivity contribution in [3.05, 3.63) is 0 Å². The first kappa shape index (κ1) is 12.1. The van der Waals surface area contributed by atoms with Crippen LogP contribution < -0.4 is 5.73 Å². The molecule has 2 N–H and O–H groups in total. The number of nitrogens with two attached hydrogens (primary N) is 1.